The van der Waals surface area contributed by atoms with Gasteiger partial charge in [0.1, 0.15) is 5.82 Å². The molecule has 0 spiro atoms. The van der Waals surface area contributed by atoms with Gasteiger partial charge in [-0.2, -0.15) is 0 Å². The van der Waals surface area contributed by atoms with Crippen molar-refractivity contribution in [2.45, 2.75) is 13.1 Å². The smallest absolute Gasteiger partial charge is 0.259 e. The van der Waals surface area contributed by atoms with Crippen LogP contribution in [0.4, 0.5) is 4.39 Å². The Morgan fingerprint density at radius 1 is 1.14 bits per heavy atom. The van der Waals surface area contributed by atoms with Gasteiger partial charge in [-0.15, -0.1) is 11.3 Å². The Balaban J connectivity index is 1.61. The molecule has 0 radical (unpaired) electrons. The highest BCUT2D eigenvalue weighted by atomic mass is 35.5. The molecule has 2 aromatic heterocycles. The number of halogens is 2. The van der Waals surface area contributed by atoms with Crippen molar-refractivity contribution >= 4 is 27.9 Å². The summed E-state index contributed by atoms with van der Waals surface area (Å²) in [6.45, 7) is 0.737. The molecule has 4 nitrogen and oxygen atoms in total. The molecule has 0 aliphatic heterocycles. The third-order valence-corrected chi connectivity index (χ3v) is 5.63. The second-order valence-corrected chi connectivity index (χ2v) is 7.81. The lowest BCUT2D eigenvalue weighted by Gasteiger charge is -2.17. The Bertz CT molecular complexity index is 1170. The molecular weight excluding hydrogens is 397 g/mol. The zero-order chi connectivity index (χ0) is 19.7. The Hall–Kier alpha value is -2.54. The summed E-state index contributed by atoms with van der Waals surface area (Å²) in [5.41, 5.74) is 2.75. The van der Waals surface area contributed by atoms with E-state index >= 15 is 0 Å². The molecule has 28 heavy (non-hydrogen) atoms. The first-order valence-electron chi connectivity index (χ1n) is 8.70. The van der Waals surface area contributed by atoms with E-state index in [0.29, 0.717) is 34.3 Å². The normalized spacial score (nSPS) is 11.4. The molecule has 0 bridgehead atoms. The van der Waals surface area contributed by atoms with E-state index in [4.69, 9.17) is 11.6 Å². The predicted octanol–water partition coefficient (Wildman–Crippen LogP) is 4.85. The largest absolute Gasteiger partial charge is 0.296 e. The summed E-state index contributed by atoms with van der Waals surface area (Å²) >= 11 is 7.53. The maximum atomic E-state index is 14.0. The van der Waals surface area contributed by atoms with Crippen molar-refractivity contribution in [1.29, 1.82) is 0 Å². The highest BCUT2D eigenvalue weighted by molar-refractivity contribution is 7.15. The first-order chi connectivity index (χ1) is 13.5. The fourth-order valence-electron chi connectivity index (χ4n) is 3.14. The van der Waals surface area contributed by atoms with Crippen LogP contribution in [0.15, 0.2) is 64.8 Å². The van der Waals surface area contributed by atoms with Crippen LogP contribution in [0, 0.1) is 5.82 Å². The Labute approximate surface area is 170 Å². The van der Waals surface area contributed by atoms with Crippen LogP contribution >= 0.6 is 22.9 Å². The van der Waals surface area contributed by atoms with Crippen LogP contribution in [0.5, 0.6) is 0 Å². The van der Waals surface area contributed by atoms with Gasteiger partial charge >= 0.3 is 0 Å². The van der Waals surface area contributed by atoms with Crippen LogP contribution in [0.2, 0.25) is 5.02 Å². The first kappa shape index (κ1) is 18.8. The van der Waals surface area contributed by atoms with Gasteiger partial charge in [-0.3, -0.25) is 14.1 Å². The molecule has 0 unspecified atom stereocenters. The van der Waals surface area contributed by atoms with E-state index in [9.17, 15) is 9.18 Å². The molecule has 0 saturated carbocycles. The van der Waals surface area contributed by atoms with Gasteiger partial charge in [0.2, 0.25) is 0 Å². The zero-order valence-electron chi connectivity index (χ0n) is 15.1. The number of rotatable bonds is 5. The lowest BCUT2D eigenvalue weighted by atomic mass is 10.2. The number of hydrogen-bond donors (Lipinski definition) is 0. The van der Waals surface area contributed by atoms with Gasteiger partial charge < -0.3 is 0 Å². The van der Waals surface area contributed by atoms with E-state index in [2.05, 4.69) is 4.98 Å². The molecule has 4 aromatic rings. The van der Waals surface area contributed by atoms with Gasteiger partial charge in [0.15, 0.2) is 4.96 Å². The highest BCUT2D eigenvalue weighted by Crippen LogP contribution is 2.24. The standard InChI is InChI=1S/C21H17ClFN3OS/c1-25(12-16-17(22)8-5-9-18(16)23)11-15-10-20(27)26-19(13-28-21(26)24-15)14-6-3-2-4-7-14/h2-10,13H,11-12H2,1H3. The second-order valence-electron chi connectivity index (χ2n) is 6.56. The monoisotopic (exact) mass is 413 g/mol. The molecule has 2 heterocycles. The molecule has 4 rings (SSSR count). The minimum atomic E-state index is -0.339. The van der Waals surface area contributed by atoms with Crippen LogP contribution in [0.3, 0.4) is 0 Å². The molecule has 0 aliphatic rings. The fourth-order valence-corrected chi connectivity index (χ4v) is 4.29. The SMILES string of the molecule is CN(Cc1cc(=O)n2c(-c3ccccc3)csc2n1)Cc1c(F)cccc1Cl. The zero-order valence-corrected chi connectivity index (χ0v) is 16.7. The van der Waals surface area contributed by atoms with Gasteiger partial charge in [-0.05, 0) is 24.7 Å². The summed E-state index contributed by atoms with van der Waals surface area (Å²) in [7, 11) is 1.84. The lowest BCUT2D eigenvalue weighted by molar-refractivity contribution is 0.310. The molecule has 0 aliphatic carbocycles. The van der Waals surface area contributed by atoms with Crippen LogP contribution in [0.25, 0.3) is 16.2 Å². The topological polar surface area (TPSA) is 37.6 Å². The van der Waals surface area contributed by atoms with Gasteiger partial charge in [0, 0.05) is 35.1 Å². The predicted molar refractivity (Wildman–Crippen MR) is 111 cm³/mol. The van der Waals surface area contributed by atoms with Gasteiger partial charge in [0.25, 0.3) is 5.56 Å². The number of hydrogen-bond acceptors (Lipinski definition) is 4. The Kier molecular flexibility index (Phi) is 5.26. The molecule has 142 valence electrons. The van der Waals surface area contributed by atoms with Gasteiger partial charge in [-0.25, -0.2) is 9.37 Å². The number of fused-ring (bicyclic) bond motifs is 1. The van der Waals surface area contributed by atoms with Crippen LogP contribution in [-0.2, 0) is 13.1 Å². The van der Waals surface area contributed by atoms with Crippen LogP contribution in [-0.4, -0.2) is 21.3 Å². The molecule has 0 atom stereocenters. The fraction of sp³-hybridized carbons (Fsp3) is 0.143. The van der Waals surface area contributed by atoms with Gasteiger partial charge in [-0.1, -0.05) is 48.0 Å². The molecule has 0 N–H and O–H groups in total. The summed E-state index contributed by atoms with van der Waals surface area (Å²) in [6, 6.07) is 15.9. The van der Waals surface area contributed by atoms with E-state index in [0.717, 1.165) is 11.3 Å². The van der Waals surface area contributed by atoms with Gasteiger partial charge in [0.05, 0.1) is 11.4 Å². The average Bonchev–Trinajstić information content (AvgIpc) is 3.10. The van der Waals surface area contributed by atoms with Crippen molar-refractivity contribution in [2.24, 2.45) is 0 Å². The minimum Gasteiger partial charge on any atom is -0.296 e. The van der Waals surface area contributed by atoms with Crippen molar-refractivity contribution in [3.63, 3.8) is 0 Å². The molecular formula is C21H17ClFN3OS. The van der Waals surface area contributed by atoms with Crippen molar-refractivity contribution in [1.82, 2.24) is 14.3 Å². The minimum absolute atomic E-state index is 0.127. The number of nitrogens with zero attached hydrogens (tertiary/aromatic N) is 3. The summed E-state index contributed by atoms with van der Waals surface area (Å²) in [5, 5.41) is 2.33. The van der Waals surface area contributed by atoms with E-state index in [-0.39, 0.29) is 11.4 Å². The third kappa shape index (κ3) is 3.71. The quantitative estimate of drug-likeness (QED) is 0.469. The first-order valence-corrected chi connectivity index (χ1v) is 9.96. The number of thiazole rings is 1. The molecule has 2 aromatic carbocycles. The summed E-state index contributed by atoms with van der Waals surface area (Å²) in [4.78, 5) is 19.9. The Morgan fingerprint density at radius 3 is 2.68 bits per heavy atom. The maximum Gasteiger partial charge on any atom is 0.259 e. The van der Waals surface area contributed by atoms with Crippen molar-refractivity contribution in [2.75, 3.05) is 7.05 Å². The summed E-state index contributed by atoms with van der Waals surface area (Å²) in [5.74, 6) is -0.339. The molecule has 0 saturated heterocycles. The Morgan fingerprint density at radius 2 is 1.93 bits per heavy atom. The van der Waals surface area contributed by atoms with E-state index in [1.807, 2.05) is 47.7 Å². The second kappa shape index (κ2) is 7.83. The van der Waals surface area contributed by atoms with Crippen LogP contribution < -0.4 is 5.56 Å². The van der Waals surface area contributed by atoms with E-state index in [1.54, 1.807) is 16.5 Å². The number of aromatic nitrogens is 2. The molecule has 7 heteroatoms. The molecule has 0 amide bonds. The highest BCUT2D eigenvalue weighted by Gasteiger charge is 2.14. The molecule has 0 fully saturated rings. The third-order valence-electron chi connectivity index (χ3n) is 4.45. The van der Waals surface area contributed by atoms with Crippen molar-refractivity contribution < 1.29 is 4.39 Å². The van der Waals surface area contributed by atoms with Crippen molar-refractivity contribution in [3.05, 3.63) is 92.4 Å². The average molecular weight is 414 g/mol. The van der Waals surface area contributed by atoms with E-state index < -0.39 is 0 Å². The van der Waals surface area contributed by atoms with Crippen molar-refractivity contribution in [3.8, 4) is 11.3 Å². The van der Waals surface area contributed by atoms with E-state index in [1.165, 1.54) is 23.5 Å². The number of benzene rings is 2. The summed E-state index contributed by atoms with van der Waals surface area (Å²) in [6.07, 6.45) is 0. The summed E-state index contributed by atoms with van der Waals surface area (Å²) < 4.78 is 15.6. The lowest BCUT2D eigenvalue weighted by Crippen LogP contribution is -2.22. The van der Waals surface area contributed by atoms with Crippen LogP contribution in [0.1, 0.15) is 11.3 Å². The maximum absolute atomic E-state index is 14.0.